The lowest BCUT2D eigenvalue weighted by molar-refractivity contribution is -0.127. The normalized spacial score (nSPS) is 22.3. The van der Waals surface area contributed by atoms with Crippen molar-refractivity contribution < 1.29 is 9.59 Å². The van der Waals surface area contributed by atoms with Gasteiger partial charge in [0.1, 0.15) is 6.04 Å². The average Bonchev–Trinajstić information content (AvgIpc) is 2.32. The van der Waals surface area contributed by atoms with Crippen LogP contribution in [0.25, 0.3) is 0 Å². The third kappa shape index (κ3) is 2.20. The van der Waals surface area contributed by atoms with E-state index in [2.05, 4.69) is 12.2 Å². The van der Waals surface area contributed by atoms with Crippen LogP contribution in [0.15, 0.2) is 0 Å². The first-order chi connectivity index (χ1) is 6.16. The van der Waals surface area contributed by atoms with Gasteiger partial charge in [0.2, 0.25) is 0 Å². The van der Waals surface area contributed by atoms with Crippen LogP contribution in [0.2, 0.25) is 0 Å². The molecule has 0 bridgehead atoms. The number of urea groups is 1. The molecule has 1 unspecified atom stereocenters. The van der Waals surface area contributed by atoms with E-state index in [1.54, 1.807) is 6.92 Å². The summed E-state index contributed by atoms with van der Waals surface area (Å²) in [6.07, 6.45) is 3.06. The summed E-state index contributed by atoms with van der Waals surface area (Å²) in [5.74, 6) is -0.0962. The van der Waals surface area contributed by atoms with Crippen LogP contribution < -0.4 is 5.32 Å². The minimum atomic E-state index is -0.339. The van der Waals surface area contributed by atoms with Crippen molar-refractivity contribution in [3.8, 4) is 0 Å². The molecule has 0 radical (unpaired) electrons. The second-order valence-electron chi connectivity index (χ2n) is 3.37. The zero-order valence-corrected chi connectivity index (χ0v) is 8.17. The topological polar surface area (TPSA) is 49.4 Å². The predicted molar refractivity (Wildman–Crippen MR) is 49.2 cm³/mol. The molecule has 0 aliphatic carbocycles. The monoisotopic (exact) mass is 184 g/mol. The Morgan fingerprint density at radius 1 is 1.38 bits per heavy atom. The molecular weight excluding hydrogens is 168 g/mol. The van der Waals surface area contributed by atoms with Crippen molar-refractivity contribution in [2.45, 2.75) is 39.2 Å². The Balaban J connectivity index is 2.40. The summed E-state index contributed by atoms with van der Waals surface area (Å²) < 4.78 is 0. The fourth-order valence-corrected chi connectivity index (χ4v) is 1.39. The molecule has 4 heteroatoms. The Labute approximate surface area is 78.3 Å². The van der Waals surface area contributed by atoms with Crippen molar-refractivity contribution in [2.24, 2.45) is 0 Å². The van der Waals surface area contributed by atoms with Crippen LogP contribution >= 0.6 is 0 Å². The summed E-state index contributed by atoms with van der Waals surface area (Å²) >= 11 is 0. The molecule has 74 valence electrons. The maximum absolute atomic E-state index is 11.4. The van der Waals surface area contributed by atoms with Gasteiger partial charge in [0, 0.05) is 6.54 Å². The zero-order chi connectivity index (χ0) is 9.84. The number of nitrogens with zero attached hydrogens (tertiary/aromatic N) is 1. The molecule has 1 aliphatic heterocycles. The quantitative estimate of drug-likeness (QED) is 0.525. The Morgan fingerprint density at radius 3 is 2.54 bits per heavy atom. The molecule has 3 amide bonds. The van der Waals surface area contributed by atoms with Crippen LogP contribution in [0, 0.1) is 0 Å². The number of unbranched alkanes of at least 4 members (excludes halogenated alkanes) is 2. The number of rotatable bonds is 4. The van der Waals surface area contributed by atoms with Gasteiger partial charge < -0.3 is 5.32 Å². The van der Waals surface area contributed by atoms with Crippen molar-refractivity contribution in [3.05, 3.63) is 0 Å². The standard InChI is InChI=1S/C9H16N2O2/c1-3-4-5-6-11-8(12)7(2)10-9(11)13/h7H,3-6H2,1-2H3,(H,10,13). The van der Waals surface area contributed by atoms with E-state index in [-0.39, 0.29) is 18.0 Å². The number of imide groups is 1. The molecule has 1 fully saturated rings. The highest BCUT2D eigenvalue weighted by Gasteiger charge is 2.33. The maximum Gasteiger partial charge on any atom is 0.324 e. The van der Waals surface area contributed by atoms with Crippen molar-refractivity contribution in [1.29, 1.82) is 0 Å². The molecule has 1 heterocycles. The predicted octanol–water partition coefficient (Wildman–Crippen LogP) is 1.12. The highest BCUT2D eigenvalue weighted by Crippen LogP contribution is 2.07. The van der Waals surface area contributed by atoms with E-state index in [9.17, 15) is 9.59 Å². The van der Waals surface area contributed by atoms with Gasteiger partial charge in [0.15, 0.2) is 0 Å². The zero-order valence-electron chi connectivity index (χ0n) is 8.17. The van der Waals surface area contributed by atoms with Gasteiger partial charge in [-0.2, -0.15) is 0 Å². The highest BCUT2D eigenvalue weighted by molar-refractivity contribution is 6.03. The molecular formula is C9H16N2O2. The summed E-state index contributed by atoms with van der Waals surface area (Å²) in [4.78, 5) is 23.8. The Morgan fingerprint density at radius 2 is 2.08 bits per heavy atom. The molecule has 1 rings (SSSR count). The van der Waals surface area contributed by atoms with E-state index in [4.69, 9.17) is 0 Å². The number of carbonyl (C=O) groups excluding carboxylic acids is 2. The van der Waals surface area contributed by atoms with Crippen LogP contribution in [-0.4, -0.2) is 29.4 Å². The first kappa shape index (κ1) is 10.0. The molecule has 1 aliphatic rings. The van der Waals surface area contributed by atoms with E-state index < -0.39 is 0 Å². The van der Waals surface area contributed by atoms with E-state index in [0.29, 0.717) is 6.54 Å². The first-order valence-electron chi connectivity index (χ1n) is 4.78. The fourth-order valence-electron chi connectivity index (χ4n) is 1.39. The van der Waals surface area contributed by atoms with E-state index >= 15 is 0 Å². The molecule has 1 saturated heterocycles. The first-order valence-corrected chi connectivity index (χ1v) is 4.78. The minimum Gasteiger partial charge on any atom is -0.326 e. The maximum atomic E-state index is 11.4. The minimum absolute atomic E-state index is 0.0962. The van der Waals surface area contributed by atoms with Crippen LogP contribution in [0.5, 0.6) is 0 Å². The molecule has 4 nitrogen and oxygen atoms in total. The van der Waals surface area contributed by atoms with Gasteiger partial charge >= 0.3 is 6.03 Å². The molecule has 0 spiro atoms. The third-order valence-electron chi connectivity index (χ3n) is 2.21. The number of carbonyl (C=O) groups is 2. The van der Waals surface area contributed by atoms with Crippen LogP contribution in [0.1, 0.15) is 33.1 Å². The molecule has 0 aromatic carbocycles. The molecule has 1 atom stereocenters. The van der Waals surface area contributed by atoms with E-state index in [1.165, 1.54) is 4.90 Å². The van der Waals surface area contributed by atoms with Crippen molar-refractivity contribution in [1.82, 2.24) is 10.2 Å². The Hall–Kier alpha value is -1.06. The second-order valence-corrected chi connectivity index (χ2v) is 3.37. The summed E-state index contributed by atoms with van der Waals surface area (Å²) in [5.41, 5.74) is 0. The van der Waals surface area contributed by atoms with Gasteiger partial charge in [-0.3, -0.25) is 9.69 Å². The molecule has 0 saturated carbocycles. The fraction of sp³-hybridized carbons (Fsp3) is 0.778. The van der Waals surface area contributed by atoms with Gasteiger partial charge in [-0.1, -0.05) is 19.8 Å². The molecule has 1 N–H and O–H groups in total. The van der Waals surface area contributed by atoms with E-state index in [1.807, 2.05) is 0 Å². The lowest BCUT2D eigenvalue weighted by Gasteiger charge is -2.11. The number of hydrogen-bond acceptors (Lipinski definition) is 2. The summed E-state index contributed by atoms with van der Waals surface area (Å²) in [6.45, 7) is 4.36. The SMILES string of the molecule is CCCCCN1C(=O)NC(C)C1=O. The van der Waals surface area contributed by atoms with Crippen LogP contribution in [0.3, 0.4) is 0 Å². The number of nitrogens with one attached hydrogen (secondary N) is 1. The summed E-state index contributed by atoms with van der Waals surface area (Å²) in [7, 11) is 0. The second kappa shape index (κ2) is 4.25. The van der Waals surface area contributed by atoms with Crippen molar-refractivity contribution in [3.63, 3.8) is 0 Å². The Bertz CT molecular complexity index is 216. The number of amides is 3. The van der Waals surface area contributed by atoms with Gasteiger partial charge in [-0.25, -0.2) is 4.79 Å². The third-order valence-corrected chi connectivity index (χ3v) is 2.21. The summed E-state index contributed by atoms with van der Waals surface area (Å²) in [5, 5.41) is 2.58. The lowest BCUT2D eigenvalue weighted by atomic mass is 10.2. The molecule has 0 aromatic rings. The van der Waals surface area contributed by atoms with Gasteiger partial charge in [0.05, 0.1) is 0 Å². The largest absolute Gasteiger partial charge is 0.326 e. The van der Waals surface area contributed by atoms with Crippen molar-refractivity contribution in [2.75, 3.05) is 6.54 Å². The van der Waals surface area contributed by atoms with E-state index in [0.717, 1.165) is 19.3 Å². The van der Waals surface area contributed by atoms with Gasteiger partial charge in [0.25, 0.3) is 5.91 Å². The smallest absolute Gasteiger partial charge is 0.324 e. The number of hydrogen-bond donors (Lipinski definition) is 1. The van der Waals surface area contributed by atoms with Crippen LogP contribution in [0.4, 0.5) is 4.79 Å². The Kier molecular flexibility index (Phi) is 3.28. The molecule has 0 aromatic heterocycles. The van der Waals surface area contributed by atoms with Crippen LogP contribution in [-0.2, 0) is 4.79 Å². The average molecular weight is 184 g/mol. The van der Waals surface area contributed by atoms with Gasteiger partial charge in [-0.05, 0) is 13.3 Å². The van der Waals surface area contributed by atoms with Crippen molar-refractivity contribution >= 4 is 11.9 Å². The lowest BCUT2D eigenvalue weighted by Crippen LogP contribution is -2.32. The summed E-state index contributed by atoms with van der Waals surface area (Å²) in [6, 6.07) is -0.581. The molecule has 13 heavy (non-hydrogen) atoms. The highest BCUT2D eigenvalue weighted by atomic mass is 16.2. The van der Waals surface area contributed by atoms with Gasteiger partial charge in [-0.15, -0.1) is 0 Å².